The normalized spacial score (nSPS) is 13.2. The average molecular weight is 873 g/mol. The van der Waals surface area contributed by atoms with Gasteiger partial charge in [-0.1, -0.05) is 164 Å². The maximum absolute atomic E-state index is 6.53. The van der Waals surface area contributed by atoms with Crippen molar-refractivity contribution in [2.75, 3.05) is 9.80 Å². The highest BCUT2D eigenvalue weighted by Crippen LogP contribution is 2.64. The maximum atomic E-state index is 6.53. The van der Waals surface area contributed by atoms with Crippen LogP contribution in [0.5, 0.6) is 0 Å². The van der Waals surface area contributed by atoms with Gasteiger partial charge in [-0.25, -0.2) is 0 Å². The molecule has 2 aliphatic rings. The van der Waals surface area contributed by atoms with Crippen LogP contribution in [0.4, 0.5) is 34.1 Å². The molecule has 67 heavy (non-hydrogen) atoms. The summed E-state index contributed by atoms with van der Waals surface area (Å²) in [5.41, 5.74) is 20.2. The van der Waals surface area contributed by atoms with Crippen molar-refractivity contribution >= 4 is 77.5 Å². The van der Waals surface area contributed by atoms with E-state index in [-0.39, 0.29) is 0 Å². The Morgan fingerprint density at radius 1 is 0.403 bits per heavy atom. The standard InChI is InChI=1S/C63H40N2OS/c1-2-17-44(18-3-1)65-58-28-9-7-26-55(58)63(56-27-8-10-29-59(56)65)54-25-6-4-20-50(54)51-36-35-47(40-57(51)63)64(46-19-12-16-43(39-46)49-23-13-15-42-37-38-67-62(42)49)45-33-31-41(32-34-45)48-22-14-24-53-52-21-5-11-30-60(52)66-61(48)53/h1-40H. The molecule has 1 aliphatic heterocycles. The fourth-order valence-electron chi connectivity index (χ4n) is 11.3. The first-order valence-corrected chi connectivity index (χ1v) is 23.8. The van der Waals surface area contributed by atoms with Crippen molar-refractivity contribution in [2.45, 2.75) is 5.41 Å². The second-order valence-corrected chi connectivity index (χ2v) is 18.5. The van der Waals surface area contributed by atoms with Crippen LogP contribution in [0.1, 0.15) is 22.3 Å². The monoisotopic (exact) mass is 872 g/mol. The quantitative estimate of drug-likeness (QED) is 0.166. The molecule has 0 radical (unpaired) electrons. The predicted octanol–water partition coefficient (Wildman–Crippen LogP) is 17.8. The lowest BCUT2D eigenvalue weighted by molar-refractivity contribution is 0.670. The first-order valence-electron chi connectivity index (χ1n) is 22.9. The van der Waals surface area contributed by atoms with Crippen LogP contribution >= 0.6 is 11.3 Å². The summed E-state index contributed by atoms with van der Waals surface area (Å²) in [5, 5.41) is 5.72. The van der Waals surface area contributed by atoms with Gasteiger partial charge in [0, 0.05) is 43.8 Å². The van der Waals surface area contributed by atoms with Crippen LogP contribution in [0.25, 0.3) is 65.4 Å². The molecule has 314 valence electrons. The van der Waals surface area contributed by atoms with Crippen LogP contribution in [0.15, 0.2) is 246 Å². The van der Waals surface area contributed by atoms with Crippen LogP contribution in [0.3, 0.4) is 0 Å². The molecular formula is C63H40N2OS. The number of rotatable bonds is 6. The number of hydrogen-bond donors (Lipinski definition) is 0. The number of thiophene rings is 1. The van der Waals surface area contributed by atoms with Gasteiger partial charge >= 0.3 is 0 Å². The fourth-order valence-corrected chi connectivity index (χ4v) is 12.3. The van der Waals surface area contributed by atoms with Crippen LogP contribution in [-0.4, -0.2) is 0 Å². The minimum Gasteiger partial charge on any atom is -0.455 e. The SMILES string of the molecule is c1ccc(N2c3ccccc3C3(c4ccccc4-c4ccc(N(c5ccc(-c6cccc7c6oc6ccccc67)cc5)c5cccc(-c6cccc7ccsc67)c5)cc43)c3ccccc32)cc1. The topological polar surface area (TPSA) is 19.6 Å². The molecule has 1 aliphatic carbocycles. The summed E-state index contributed by atoms with van der Waals surface area (Å²) in [4.78, 5) is 4.89. The van der Waals surface area contributed by atoms with E-state index < -0.39 is 5.41 Å². The third-order valence-corrected chi connectivity index (χ3v) is 15.1. The molecule has 10 aromatic carbocycles. The van der Waals surface area contributed by atoms with Crippen molar-refractivity contribution in [1.29, 1.82) is 0 Å². The molecule has 0 atom stereocenters. The van der Waals surface area contributed by atoms with Gasteiger partial charge in [-0.05, 0) is 134 Å². The molecule has 0 saturated carbocycles. The lowest BCUT2D eigenvalue weighted by Crippen LogP contribution is -2.36. The highest BCUT2D eigenvalue weighted by atomic mass is 32.1. The number of fused-ring (bicyclic) bond motifs is 13. The number of hydrogen-bond acceptors (Lipinski definition) is 4. The summed E-state index contributed by atoms with van der Waals surface area (Å²) in [7, 11) is 0. The second-order valence-electron chi connectivity index (χ2n) is 17.6. The molecule has 4 heteroatoms. The van der Waals surface area contributed by atoms with E-state index in [0.717, 1.165) is 55.8 Å². The molecule has 12 aromatic rings. The van der Waals surface area contributed by atoms with E-state index in [1.807, 2.05) is 6.07 Å². The van der Waals surface area contributed by atoms with Gasteiger partial charge in [0.05, 0.1) is 16.8 Å². The van der Waals surface area contributed by atoms with E-state index in [9.17, 15) is 0 Å². The number of furan rings is 1. The Morgan fingerprint density at radius 3 is 1.87 bits per heavy atom. The summed E-state index contributed by atoms with van der Waals surface area (Å²) in [6.45, 7) is 0. The Kier molecular flexibility index (Phi) is 8.37. The Bertz CT molecular complexity index is 3850. The molecule has 14 rings (SSSR count). The number of nitrogens with zero attached hydrogens (tertiary/aromatic N) is 2. The van der Waals surface area contributed by atoms with Crippen LogP contribution in [-0.2, 0) is 5.41 Å². The molecular weight excluding hydrogens is 833 g/mol. The van der Waals surface area contributed by atoms with Gasteiger partial charge in [0.2, 0.25) is 0 Å². The summed E-state index contributed by atoms with van der Waals surface area (Å²) in [5.74, 6) is 0. The minimum atomic E-state index is -0.585. The summed E-state index contributed by atoms with van der Waals surface area (Å²) in [6, 6.07) is 86.8. The van der Waals surface area contributed by atoms with E-state index in [1.54, 1.807) is 11.3 Å². The molecule has 0 bridgehead atoms. The third-order valence-electron chi connectivity index (χ3n) is 14.1. The number of benzene rings is 10. The molecule has 0 saturated heterocycles. The van der Waals surface area contributed by atoms with Gasteiger partial charge in [0.1, 0.15) is 11.2 Å². The van der Waals surface area contributed by atoms with E-state index >= 15 is 0 Å². The number of para-hydroxylation sites is 5. The van der Waals surface area contributed by atoms with Crippen LogP contribution in [0.2, 0.25) is 0 Å². The summed E-state index contributed by atoms with van der Waals surface area (Å²) >= 11 is 1.80. The van der Waals surface area contributed by atoms with E-state index in [4.69, 9.17) is 4.42 Å². The molecule has 0 amide bonds. The molecule has 2 aromatic heterocycles. The average Bonchev–Trinajstić information content (AvgIpc) is 4.11. The zero-order valence-corrected chi connectivity index (χ0v) is 37.1. The molecule has 0 N–H and O–H groups in total. The Hall–Kier alpha value is -8.44. The minimum absolute atomic E-state index is 0.585. The maximum Gasteiger partial charge on any atom is 0.143 e. The Morgan fingerprint density at radius 2 is 1.03 bits per heavy atom. The molecule has 3 heterocycles. The largest absolute Gasteiger partial charge is 0.455 e. The summed E-state index contributed by atoms with van der Waals surface area (Å²) < 4.78 is 7.83. The van der Waals surface area contributed by atoms with Crippen molar-refractivity contribution in [3.05, 3.63) is 264 Å². The first kappa shape index (κ1) is 37.9. The fraction of sp³-hybridized carbons (Fsp3) is 0.0159. The van der Waals surface area contributed by atoms with E-state index in [0.29, 0.717) is 0 Å². The van der Waals surface area contributed by atoms with Gasteiger partial charge in [-0.2, -0.15) is 0 Å². The Labute approximate surface area is 392 Å². The van der Waals surface area contributed by atoms with Gasteiger partial charge in [0.15, 0.2) is 0 Å². The molecule has 1 spiro atoms. The molecule has 0 fully saturated rings. The van der Waals surface area contributed by atoms with Gasteiger partial charge in [-0.15, -0.1) is 11.3 Å². The zero-order chi connectivity index (χ0) is 44.1. The predicted molar refractivity (Wildman–Crippen MR) is 280 cm³/mol. The lowest BCUT2D eigenvalue weighted by atomic mass is 9.64. The summed E-state index contributed by atoms with van der Waals surface area (Å²) in [6.07, 6.45) is 0. The van der Waals surface area contributed by atoms with Crippen LogP contribution < -0.4 is 9.80 Å². The lowest BCUT2D eigenvalue weighted by Gasteiger charge is -2.45. The first-order chi connectivity index (χ1) is 33.2. The van der Waals surface area contributed by atoms with E-state index in [2.05, 4.69) is 246 Å². The van der Waals surface area contributed by atoms with Crippen molar-refractivity contribution < 1.29 is 4.42 Å². The second kappa shape index (κ2) is 14.8. The van der Waals surface area contributed by atoms with Gasteiger partial charge in [-0.3, -0.25) is 0 Å². The van der Waals surface area contributed by atoms with Crippen molar-refractivity contribution in [3.8, 4) is 33.4 Å². The molecule has 0 unspecified atom stereocenters. The van der Waals surface area contributed by atoms with Gasteiger partial charge < -0.3 is 14.2 Å². The van der Waals surface area contributed by atoms with Crippen molar-refractivity contribution in [2.24, 2.45) is 0 Å². The van der Waals surface area contributed by atoms with Crippen molar-refractivity contribution in [3.63, 3.8) is 0 Å². The Balaban J connectivity index is 0.992. The highest BCUT2D eigenvalue weighted by Gasteiger charge is 2.51. The van der Waals surface area contributed by atoms with E-state index in [1.165, 1.54) is 66.0 Å². The van der Waals surface area contributed by atoms with Gasteiger partial charge in [0.25, 0.3) is 0 Å². The molecule has 3 nitrogen and oxygen atoms in total. The smallest absolute Gasteiger partial charge is 0.143 e. The van der Waals surface area contributed by atoms with Crippen molar-refractivity contribution in [1.82, 2.24) is 0 Å². The number of anilines is 6. The zero-order valence-electron chi connectivity index (χ0n) is 36.3. The highest BCUT2D eigenvalue weighted by molar-refractivity contribution is 7.17. The third kappa shape index (κ3) is 5.57. The van der Waals surface area contributed by atoms with Crippen LogP contribution in [0, 0.1) is 0 Å².